The van der Waals surface area contributed by atoms with E-state index in [1.54, 1.807) is 13.0 Å². The fourth-order valence-electron chi connectivity index (χ4n) is 5.32. The Hall–Kier alpha value is -1.28. The van der Waals surface area contributed by atoms with Crippen LogP contribution in [0.5, 0.6) is 0 Å². The summed E-state index contributed by atoms with van der Waals surface area (Å²) >= 11 is -0.464. The predicted octanol–water partition coefficient (Wildman–Crippen LogP) is -1.21. The molecule has 1 aromatic carbocycles. The molecule has 9 heteroatoms. The fraction of sp³-hybridized carbons (Fsp3) is 0.548. The van der Waals surface area contributed by atoms with Crippen LogP contribution in [-0.4, -0.2) is 70.9 Å². The summed E-state index contributed by atoms with van der Waals surface area (Å²) in [6, 6.07) is 6.32. The number of aromatic nitrogens is 2. The van der Waals surface area contributed by atoms with E-state index in [2.05, 4.69) is 11.0 Å². The van der Waals surface area contributed by atoms with Gasteiger partial charge in [-0.15, -0.1) is 0 Å². The van der Waals surface area contributed by atoms with Crippen LogP contribution in [-0.2, 0) is 14.3 Å². The molecule has 0 radical (unpaired) electrons. The maximum absolute atomic E-state index is 11.0. The van der Waals surface area contributed by atoms with E-state index in [-0.39, 0.29) is 39.0 Å². The third kappa shape index (κ3) is 9.11. The Bertz CT molecular complexity index is 1140. The number of hydrogen-bond donors (Lipinski definition) is 1. The summed E-state index contributed by atoms with van der Waals surface area (Å²) in [7, 11) is 0. The summed E-state index contributed by atoms with van der Waals surface area (Å²) in [4.78, 5) is 23.6. The zero-order chi connectivity index (χ0) is 26.9. The van der Waals surface area contributed by atoms with Gasteiger partial charge < -0.3 is 7.43 Å². The van der Waals surface area contributed by atoms with Crippen LogP contribution in [0, 0.1) is 23.8 Å². The first-order valence-electron chi connectivity index (χ1n) is 13.7. The van der Waals surface area contributed by atoms with Crippen molar-refractivity contribution < 1.29 is 59.4 Å². The van der Waals surface area contributed by atoms with Gasteiger partial charge in [-0.3, -0.25) is 0 Å². The molecular weight excluding hydrogens is 612 g/mol. The number of allylic oxidation sites excluding steroid dienone is 3. The maximum atomic E-state index is 11.0. The molecule has 2 atom stereocenters. The van der Waals surface area contributed by atoms with Crippen molar-refractivity contribution in [1.29, 1.82) is 0 Å². The Morgan fingerprint density at radius 2 is 2.10 bits per heavy atom. The number of hydrogen-bond acceptors (Lipinski definition) is 7. The molecule has 40 heavy (non-hydrogen) atoms. The molecule has 1 saturated carbocycles. The number of aliphatic hydroxyl groups is 1. The number of benzene rings is 1. The van der Waals surface area contributed by atoms with E-state index in [1.807, 2.05) is 25.3 Å². The van der Waals surface area contributed by atoms with E-state index >= 15 is 0 Å². The first kappa shape index (κ1) is 34.9. The minimum atomic E-state index is -0.464. The Balaban J connectivity index is 0.00000280. The molecule has 216 valence electrons. The van der Waals surface area contributed by atoms with Crippen molar-refractivity contribution in [3.8, 4) is 0 Å². The average Bonchev–Trinajstić information content (AvgIpc) is 2.97. The maximum Gasteiger partial charge on any atom is 1.00 e. The van der Waals surface area contributed by atoms with Crippen LogP contribution in [0.4, 0.5) is 5.82 Å². The standard InChI is InChI=1S/C30H39IN3O4.CH3.Li/c1-4-25(19-36)38-14-12-31-30-32-27-11-10-24(22(3)16-21(2)18-35)17-26(27)29(33-30)34-13-15-37-20-28(34)23-8-6-5-7-9-23;;/h3,10-11,16-17,23,25,28,36H,4-9,12-15,19-20H2,1-2H3;1H3;/q-3;-1;+1/b21-16-;;/t25?,28-;;/m1../s1. The van der Waals surface area contributed by atoms with Crippen molar-refractivity contribution in [2.45, 2.75) is 64.5 Å². The number of anilines is 1. The topological polar surface area (TPSA) is 84.8 Å². The number of morpholine rings is 1. The smallest absolute Gasteiger partial charge is 0.358 e. The largest absolute Gasteiger partial charge is 1.00 e. The predicted molar refractivity (Wildman–Crippen MR) is 152 cm³/mol. The summed E-state index contributed by atoms with van der Waals surface area (Å²) in [5.74, 6) is 1.56. The molecule has 1 aliphatic carbocycles. The molecule has 1 aromatic heterocycles. The molecule has 2 aliphatic rings. The molecule has 1 N–H and O–H groups in total. The first-order chi connectivity index (χ1) is 18.5. The van der Waals surface area contributed by atoms with Gasteiger partial charge in [0, 0.05) is 0 Å². The van der Waals surface area contributed by atoms with Crippen LogP contribution in [0.2, 0.25) is 0 Å². The molecule has 0 spiro atoms. The monoisotopic (exact) mass is 654 g/mol. The molecule has 1 aliphatic heterocycles. The van der Waals surface area contributed by atoms with Crippen molar-refractivity contribution >= 4 is 28.6 Å². The number of carbonyl (C=O) groups excluding carboxylic acids is 1. The van der Waals surface area contributed by atoms with E-state index in [1.165, 1.54) is 32.1 Å². The molecule has 7 nitrogen and oxygen atoms in total. The minimum Gasteiger partial charge on any atom is -0.358 e. The molecule has 1 saturated heterocycles. The minimum absolute atomic E-state index is 0. The van der Waals surface area contributed by atoms with Gasteiger partial charge in [-0.2, -0.15) is 0 Å². The summed E-state index contributed by atoms with van der Waals surface area (Å²) < 4.78 is 13.6. The number of ether oxygens (including phenoxy) is 2. The second kappa shape index (κ2) is 17.6. The average molecular weight is 655 g/mol. The van der Waals surface area contributed by atoms with Crippen LogP contribution in [0.25, 0.3) is 16.5 Å². The van der Waals surface area contributed by atoms with E-state index < -0.39 is 21.2 Å². The fourth-order valence-corrected chi connectivity index (χ4v) is 7.10. The third-order valence-corrected chi connectivity index (χ3v) is 9.59. The molecule has 2 heterocycles. The Kier molecular flexibility index (Phi) is 15.4. The number of halogens is 1. The molecule has 2 fully saturated rings. The Morgan fingerprint density at radius 1 is 1.32 bits per heavy atom. The molecule has 0 amide bonds. The van der Waals surface area contributed by atoms with E-state index in [0.29, 0.717) is 36.3 Å². The number of rotatable bonds is 12. The zero-order valence-corrected chi connectivity index (χ0v) is 26.7. The van der Waals surface area contributed by atoms with Gasteiger partial charge >= 0.3 is 257 Å². The summed E-state index contributed by atoms with van der Waals surface area (Å²) in [6.07, 6.45) is 10.6. The van der Waals surface area contributed by atoms with Crippen molar-refractivity contribution in [2.75, 3.05) is 42.3 Å². The van der Waals surface area contributed by atoms with E-state index in [0.717, 1.165) is 50.1 Å². The van der Waals surface area contributed by atoms with Crippen molar-refractivity contribution in [1.82, 2.24) is 9.97 Å². The van der Waals surface area contributed by atoms with Gasteiger partial charge in [0.2, 0.25) is 0 Å². The van der Waals surface area contributed by atoms with Gasteiger partial charge in [0.15, 0.2) is 0 Å². The second-order valence-electron chi connectivity index (χ2n) is 10.1. The van der Waals surface area contributed by atoms with Crippen molar-refractivity contribution in [3.63, 3.8) is 0 Å². The third-order valence-electron chi connectivity index (χ3n) is 7.45. The van der Waals surface area contributed by atoms with Crippen LogP contribution in [0.3, 0.4) is 0 Å². The summed E-state index contributed by atoms with van der Waals surface area (Å²) in [5, 5.41) is 10.4. The van der Waals surface area contributed by atoms with E-state index in [4.69, 9.17) is 26.0 Å². The van der Waals surface area contributed by atoms with Crippen molar-refractivity contribution in [2.24, 2.45) is 5.92 Å². The van der Waals surface area contributed by atoms with Gasteiger partial charge in [0.1, 0.15) is 0 Å². The summed E-state index contributed by atoms with van der Waals surface area (Å²) in [5.41, 5.74) is 2.72. The second-order valence-corrected chi connectivity index (χ2v) is 12.9. The Morgan fingerprint density at radius 3 is 2.80 bits per heavy atom. The van der Waals surface area contributed by atoms with Crippen molar-refractivity contribution in [3.05, 3.63) is 53.2 Å². The van der Waals surface area contributed by atoms with Gasteiger partial charge in [0.25, 0.3) is 0 Å². The molecule has 1 unspecified atom stereocenters. The normalized spacial score (nSPS) is 19.1. The number of fused-ring (bicyclic) bond motifs is 1. The van der Waals surface area contributed by atoms with E-state index in [9.17, 15) is 9.90 Å². The van der Waals surface area contributed by atoms with Crippen LogP contribution in [0.1, 0.15) is 57.9 Å². The number of nitrogens with zero attached hydrogens (tertiary/aromatic N) is 3. The SMILES string of the molecule is [CH-]=C(/C=C(/C)[C-]=O)c1ccc2nc([I-]CCOC(CC)CO)nc(N3CCOC[C@@H]3C3CCCCC3)c2c1.[CH3-].[Li+]. The van der Waals surface area contributed by atoms with Gasteiger partial charge in [-0.25, -0.2) is 0 Å². The van der Waals surface area contributed by atoms with Crippen LogP contribution in [0.15, 0.2) is 29.8 Å². The van der Waals surface area contributed by atoms with Crippen LogP contribution >= 0.6 is 0 Å². The molecule has 2 aromatic rings. The first-order valence-corrected chi connectivity index (χ1v) is 16.3. The molecule has 4 rings (SSSR count). The van der Waals surface area contributed by atoms with Gasteiger partial charge in [0.05, 0.1) is 0 Å². The Labute approximate surface area is 262 Å². The zero-order valence-electron chi connectivity index (χ0n) is 24.5. The number of alkyl halides is 1. The van der Waals surface area contributed by atoms with Gasteiger partial charge in [-0.1, -0.05) is 0 Å². The molecule has 0 bridgehead atoms. The quantitative estimate of drug-likeness (QED) is 0.0450. The van der Waals surface area contributed by atoms with Crippen LogP contribution < -0.4 is 45.0 Å². The molecular formula is C31H42ILiN3O4-3. The summed E-state index contributed by atoms with van der Waals surface area (Å²) in [6.45, 7) is 12.9. The van der Waals surface area contributed by atoms with Gasteiger partial charge in [-0.05, 0) is 0 Å². The number of aliphatic hydroxyl groups excluding tert-OH is 1.